The molecule has 0 saturated carbocycles. The SMILES string of the molecule is CC(C)CC(=O)Nc1ccc(Cl)cc1Br. The lowest BCUT2D eigenvalue weighted by Crippen LogP contribution is -2.14. The molecule has 0 unspecified atom stereocenters. The van der Waals surface area contributed by atoms with Crippen LogP contribution in [0.4, 0.5) is 5.69 Å². The monoisotopic (exact) mass is 289 g/mol. The smallest absolute Gasteiger partial charge is 0.224 e. The number of rotatable bonds is 3. The van der Waals surface area contributed by atoms with E-state index in [2.05, 4.69) is 21.2 Å². The first kappa shape index (κ1) is 12.5. The van der Waals surface area contributed by atoms with E-state index in [1.807, 2.05) is 13.8 Å². The van der Waals surface area contributed by atoms with Crippen molar-refractivity contribution in [2.75, 3.05) is 5.32 Å². The fourth-order valence-corrected chi connectivity index (χ4v) is 1.94. The van der Waals surface area contributed by atoms with E-state index in [0.29, 0.717) is 17.4 Å². The van der Waals surface area contributed by atoms with Gasteiger partial charge in [-0.1, -0.05) is 25.4 Å². The van der Waals surface area contributed by atoms with Crippen LogP contribution in [0, 0.1) is 5.92 Å². The molecule has 0 atom stereocenters. The Morgan fingerprint density at radius 1 is 1.53 bits per heavy atom. The van der Waals surface area contributed by atoms with Crippen LogP contribution in [0.1, 0.15) is 20.3 Å². The summed E-state index contributed by atoms with van der Waals surface area (Å²) >= 11 is 9.14. The topological polar surface area (TPSA) is 29.1 Å². The summed E-state index contributed by atoms with van der Waals surface area (Å²) in [7, 11) is 0. The minimum atomic E-state index is 0.0213. The van der Waals surface area contributed by atoms with Crippen LogP contribution < -0.4 is 5.32 Å². The lowest BCUT2D eigenvalue weighted by atomic mass is 10.1. The summed E-state index contributed by atoms with van der Waals surface area (Å²) in [5.41, 5.74) is 0.755. The molecule has 0 bridgehead atoms. The lowest BCUT2D eigenvalue weighted by molar-refractivity contribution is -0.116. The van der Waals surface area contributed by atoms with Crippen LogP contribution in [0.3, 0.4) is 0 Å². The zero-order chi connectivity index (χ0) is 11.4. The highest BCUT2D eigenvalue weighted by atomic mass is 79.9. The maximum absolute atomic E-state index is 11.5. The summed E-state index contributed by atoms with van der Waals surface area (Å²) in [6.07, 6.45) is 0.523. The van der Waals surface area contributed by atoms with Gasteiger partial charge in [0.1, 0.15) is 0 Å². The Bertz CT molecular complexity index is 366. The number of hydrogen-bond donors (Lipinski definition) is 1. The molecule has 82 valence electrons. The molecular formula is C11H13BrClNO. The van der Waals surface area contributed by atoms with Crippen molar-refractivity contribution in [3.8, 4) is 0 Å². The summed E-state index contributed by atoms with van der Waals surface area (Å²) in [5, 5.41) is 3.47. The van der Waals surface area contributed by atoms with Gasteiger partial charge in [-0.05, 0) is 40.0 Å². The largest absolute Gasteiger partial charge is 0.325 e. The van der Waals surface area contributed by atoms with Gasteiger partial charge in [-0.25, -0.2) is 0 Å². The third-order valence-electron chi connectivity index (χ3n) is 1.80. The van der Waals surface area contributed by atoms with Crippen molar-refractivity contribution in [3.63, 3.8) is 0 Å². The number of benzene rings is 1. The molecule has 1 aromatic rings. The molecule has 0 aliphatic carbocycles. The molecule has 0 aliphatic heterocycles. The fourth-order valence-electron chi connectivity index (χ4n) is 1.16. The van der Waals surface area contributed by atoms with E-state index >= 15 is 0 Å². The van der Waals surface area contributed by atoms with Crippen LogP contribution in [0.2, 0.25) is 5.02 Å². The standard InChI is InChI=1S/C11H13BrClNO/c1-7(2)5-11(15)14-10-4-3-8(13)6-9(10)12/h3-4,6-7H,5H2,1-2H3,(H,14,15). The number of anilines is 1. The van der Waals surface area contributed by atoms with Crippen LogP contribution in [-0.2, 0) is 4.79 Å². The first-order chi connectivity index (χ1) is 6.99. The van der Waals surface area contributed by atoms with Gasteiger partial charge in [-0.2, -0.15) is 0 Å². The number of nitrogens with one attached hydrogen (secondary N) is 1. The zero-order valence-electron chi connectivity index (χ0n) is 8.68. The maximum Gasteiger partial charge on any atom is 0.224 e. The summed E-state index contributed by atoms with van der Waals surface area (Å²) < 4.78 is 0.798. The molecule has 15 heavy (non-hydrogen) atoms. The highest BCUT2D eigenvalue weighted by Gasteiger charge is 2.07. The minimum absolute atomic E-state index is 0.0213. The molecule has 0 aliphatic rings. The van der Waals surface area contributed by atoms with Crippen molar-refractivity contribution in [2.24, 2.45) is 5.92 Å². The predicted octanol–water partition coefficient (Wildman–Crippen LogP) is 4.09. The van der Waals surface area contributed by atoms with Gasteiger partial charge in [-0.3, -0.25) is 4.79 Å². The Morgan fingerprint density at radius 3 is 2.73 bits per heavy atom. The van der Waals surface area contributed by atoms with Crippen LogP contribution >= 0.6 is 27.5 Å². The molecule has 1 aromatic carbocycles. The minimum Gasteiger partial charge on any atom is -0.325 e. The molecule has 0 aromatic heterocycles. The Labute approximate surface area is 103 Å². The maximum atomic E-state index is 11.5. The summed E-state index contributed by atoms with van der Waals surface area (Å²) in [6.45, 7) is 4.02. The van der Waals surface area contributed by atoms with Crippen LogP contribution in [0.25, 0.3) is 0 Å². The highest BCUT2D eigenvalue weighted by molar-refractivity contribution is 9.10. The number of hydrogen-bond acceptors (Lipinski definition) is 1. The number of halogens is 2. The highest BCUT2D eigenvalue weighted by Crippen LogP contribution is 2.26. The van der Waals surface area contributed by atoms with E-state index in [4.69, 9.17) is 11.6 Å². The number of amides is 1. The summed E-state index contributed by atoms with van der Waals surface area (Å²) in [4.78, 5) is 11.5. The normalized spacial score (nSPS) is 10.5. The van der Waals surface area contributed by atoms with Gasteiger partial charge in [0.15, 0.2) is 0 Å². The first-order valence-corrected chi connectivity index (χ1v) is 5.91. The Kier molecular flexibility index (Phi) is 4.61. The third kappa shape index (κ3) is 4.22. The van der Waals surface area contributed by atoms with Gasteiger partial charge in [0.05, 0.1) is 5.69 Å². The van der Waals surface area contributed by atoms with Crippen LogP contribution in [0.15, 0.2) is 22.7 Å². The van der Waals surface area contributed by atoms with E-state index in [9.17, 15) is 4.79 Å². The van der Waals surface area contributed by atoms with Gasteiger partial charge in [-0.15, -0.1) is 0 Å². The average Bonchev–Trinajstić information content (AvgIpc) is 2.08. The predicted molar refractivity (Wildman–Crippen MR) is 67.2 cm³/mol. The Hall–Kier alpha value is -0.540. The fraction of sp³-hybridized carbons (Fsp3) is 0.364. The molecule has 0 saturated heterocycles. The van der Waals surface area contributed by atoms with Gasteiger partial charge in [0.25, 0.3) is 0 Å². The average molecular weight is 291 g/mol. The van der Waals surface area contributed by atoms with Crippen molar-refractivity contribution in [1.29, 1.82) is 0 Å². The summed E-state index contributed by atoms with van der Waals surface area (Å²) in [6, 6.07) is 5.29. The van der Waals surface area contributed by atoms with Crippen molar-refractivity contribution < 1.29 is 4.79 Å². The number of carbonyl (C=O) groups is 1. The molecule has 0 heterocycles. The summed E-state index contributed by atoms with van der Waals surface area (Å²) in [5.74, 6) is 0.379. The van der Waals surface area contributed by atoms with Crippen LogP contribution in [0.5, 0.6) is 0 Å². The van der Waals surface area contributed by atoms with Gasteiger partial charge >= 0.3 is 0 Å². The number of carbonyl (C=O) groups excluding carboxylic acids is 1. The van der Waals surface area contributed by atoms with E-state index in [-0.39, 0.29) is 5.91 Å². The molecule has 0 fully saturated rings. The van der Waals surface area contributed by atoms with Crippen molar-refractivity contribution in [2.45, 2.75) is 20.3 Å². The molecule has 4 heteroatoms. The second-order valence-corrected chi connectivity index (χ2v) is 5.06. The molecular weight excluding hydrogens is 277 g/mol. The first-order valence-electron chi connectivity index (χ1n) is 4.74. The zero-order valence-corrected chi connectivity index (χ0v) is 11.0. The lowest BCUT2D eigenvalue weighted by Gasteiger charge is -2.08. The van der Waals surface area contributed by atoms with Crippen LogP contribution in [-0.4, -0.2) is 5.91 Å². The third-order valence-corrected chi connectivity index (χ3v) is 2.69. The molecule has 0 radical (unpaired) electrons. The Balaban J connectivity index is 2.68. The van der Waals surface area contributed by atoms with Crippen molar-refractivity contribution >= 4 is 39.1 Å². The van der Waals surface area contributed by atoms with Gasteiger partial charge in [0, 0.05) is 15.9 Å². The van der Waals surface area contributed by atoms with E-state index < -0.39 is 0 Å². The van der Waals surface area contributed by atoms with Crippen molar-refractivity contribution in [1.82, 2.24) is 0 Å². The van der Waals surface area contributed by atoms with E-state index in [1.165, 1.54) is 0 Å². The van der Waals surface area contributed by atoms with Gasteiger partial charge in [0.2, 0.25) is 5.91 Å². The van der Waals surface area contributed by atoms with E-state index in [0.717, 1.165) is 10.2 Å². The molecule has 2 nitrogen and oxygen atoms in total. The molecule has 1 amide bonds. The molecule has 1 rings (SSSR count). The second kappa shape index (κ2) is 5.52. The Morgan fingerprint density at radius 2 is 2.20 bits per heavy atom. The quantitative estimate of drug-likeness (QED) is 0.892. The van der Waals surface area contributed by atoms with Gasteiger partial charge < -0.3 is 5.32 Å². The van der Waals surface area contributed by atoms with Crippen molar-refractivity contribution in [3.05, 3.63) is 27.7 Å². The molecule has 1 N–H and O–H groups in total. The van der Waals surface area contributed by atoms with E-state index in [1.54, 1.807) is 18.2 Å². The second-order valence-electron chi connectivity index (χ2n) is 3.77. The molecule has 0 spiro atoms.